The van der Waals surface area contributed by atoms with Crippen LogP contribution in [0.25, 0.3) is 0 Å². The Morgan fingerprint density at radius 2 is 1.80 bits per heavy atom. The molecule has 0 saturated carbocycles. The van der Waals surface area contributed by atoms with Gasteiger partial charge in [0.15, 0.2) is 11.7 Å². The summed E-state index contributed by atoms with van der Waals surface area (Å²) in [7, 11) is 1.31. The number of methoxy groups -OCH3 is 1. The quantitative estimate of drug-likeness (QED) is 0.212. The van der Waals surface area contributed by atoms with Crippen LogP contribution in [-0.4, -0.2) is 20.3 Å². The Bertz CT molecular complexity index is 702. The van der Waals surface area contributed by atoms with Gasteiger partial charge in [-0.25, -0.2) is 0 Å². The van der Waals surface area contributed by atoms with Crippen LogP contribution >= 0.6 is 0 Å². The zero-order valence-corrected chi connectivity index (χ0v) is 18.8. The van der Waals surface area contributed by atoms with Crippen LogP contribution in [-0.2, 0) is 20.6 Å². The van der Waals surface area contributed by atoms with Gasteiger partial charge in [0.05, 0.1) is 26.4 Å². The lowest BCUT2D eigenvalue weighted by atomic mass is 9.94. The molecule has 0 aliphatic carbocycles. The summed E-state index contributed by atoms with van der Waals surface area (Å²) in [6.45, 7) is 6.21. The number of hydrogen-bond donors (Lipinski definition) is 0. The maximum atomic E-state index is 14.3. The highest BCUT2D eigenvalue weighted by molar-refractivity contribution is 5.25. The second-order valence-corrected chi connectivity index (χ2v) is 7.94. The molecule has 2 rings (SSSR count). The molecule has 0 N–H and O–H groups in total. The third-order valence-electron chi connectivity index (χ3n) is 5.66. The Morgan fingerprint density at radius 3 is 2.37 bits per heavy atom. The fourth-order valence-corrected chi connectivity index (χ4v) is 3.58. The number of ether oxygens (including phenoxy) is 3. The van der Waals surface area contributed by atoms with E-state index in [-0.39, 0.29) is 30.0 Å². The van der Waals surface area contributed by atoms with Crippen molar-refractivity contribution in [2.75, 3.05) is 20.3 Å². The normalized spacial score (nSPS) is 21.0. The van der Waals surface area contributed by atoms with Crippen molar-refractivity contribution in [1.29, 1.82) is 0 Å². The SMILES string of the molecule is CCCCCc1ccc(C2CCC(CO/C(CC)=C(F)/C(F)=C(\C)OC)CO2)cc1. The Labute approximate surface area is 180 Å². The number of benzene rings is 1. The minimum atomic E-state index is -1.01. The molecule has 1 aliphatic heterocycles. The second-order valence-electron chi connectivity index (χ2n) is 7.94. The largest absolute Gasteiger partial charge is 0.498 e. The predicted octanol–water partition coefficient (Wildman–Crippen LogP) is 7.34. The van der Waals surface area contributed by atoms with Crippen LogP contribution in [0, 0.1) is 5.92 Å². The molecule has 1 aromatic rings. The highest BCUT2D eigenvalue weighted by Crippen LogP contribution is 2.32. The van der Waals surface area contributed by atoms with Crippen molar-refractivity contribution in [3.05, 3.63) is 58.6 Å². The van der Waals surface area contributed by atoms with Gasteiger partial charge in [0, 0.05) is 12.3 Å². The van der Waals surface area contributed by atoms with E-state index in [0.29, 0.717) is 13.2 Å². The van der Waals surface area contributed by atoms with Crippen LogP contribution in [0.5, 0.6) is 0 Å². The minimum Gasteiger partial charge on any atom is -0.498 e. The number of allylic oxidation sites excluding steroid dienone is 4. The van der Waals surface area contributed by atoms with Crippen molar-refractivity contribution in [2.24, 2.45) is 5.92 Å². The highest BCUT2D eigenvalue weighted by atomic mass is 19.2. The topological polar surface area (TPSA) is 27.7 Å². The molecule has 30 heavy (non-hydrogen) atoms. The summed E-state index contributed by atoms with van der Waals surface area (Å²) >= 11 is 0. The summed E-state index contributed by atoms with van der Waals surface area (Å²) in [6.07, 6.45) is 7.06. The maximum Gasteiger partial charge on any atom is 0.199 e. The molecule has 2 unspecified atom stereocenters. The molecule has 5 heteroatoms. The fourth-order valence-electron chi connectivity index (χ4n) is 3.58. The van der Waals surface area contributed by atoms with E-state index in [2.05, 4.69) is 31.2 Å². The molecule has 0 spiro atoms. The summed E-state index contributed by atoms with van der Waals surface area (Å²) in [5.74, 6) is -1.90. The van der Waals surface area contributed by atoms with Crippen LogP contribution in [0.4, 0.5) is 8.78 Å². The molecular formula is C25H36F2O3. The van der Waals surface area contributed by atoms with Crippen molar-refractivity contribution < 1.29 is 23.0 Å². The van der Waals surface area contributed by atoms with Gasteiger partial charge in [-0.3, -0.25) is 0 Å². The molecule has 1 aliphatic rings. The monoisotopic (exact) mass is 422 g/mol. The van der Waals surface area contributed by atoms with Gasteiger partial charge in [0.2, 0.25) is 0 Å². The molecule has 0 bridgehead atoms. The molecule has 168 valence electrons. The van der Waals surface area contributed by atoms with Gasteiger partial charge in [-0.05, 0) is 43.7 Å². The minimum absolute atomic E-state index is 0.0182. The lowest BCUT2D eigenvalue weighted by molar-refractivity contribution is -0.0365. The van der Waals surface area contributed by atoms with Gasteiger partial charge in [0.1, 0.15) is 11.5 Å². The van der Waals surface area contributed by atoms with Gasteiger partial charge in [0.25, 0.3) is 0 Å². The summed E-state index contributed by atoms with van der Waals surface area (Å²) in [5.41, 5.74) is 2.58. The summed E-state index contributed by atoms with van der Waals surface area (Å²) in [6, 6.07) is 8.75. The van der Waals surface area contributed by atoms with E-state index in [1.165, 1.54) is 44.4 Å². The van der Waals surface area contributed by atoms with E-state index < -0.39 is 11.7 Å². The lowest BCUT2D eigenvalue weighted by Gasteiger charge is -2.29. The number of halogens is 2. The van der Waals surface area contributed by atoms with E-state index in [1.807, 2.05) is 0 Å². The Balaban J connectivity index is 1.84. The van der Waals surface area contributed by atoms with Crippen molar-refractivity contribution >= 4 is 0 Å². The molecule has 0 radical (unpaired) electrons. The van der Waals surface area contributed by atoms with Crippen molar-refractivity contribution in [2.45, 2.75) is 71.8 Å². The highest BCUT2D eigenvalue weighted by Gasteiger charge is 2.24. The van der Waals surface area contributed by atoms with Crippen molar-refractivity contribution in [3.8, 4) is 0 Å². The first kappa shape index (κ1) is 24.4. The third kappa shape index (κ3) is 7.12. The molecule has 1 fully saturated rings. The molecule has 1 heterocycles. The molecule has 2 atom stereocenters. The van der Waals surface area contributed by atoms with Crippen LogP contribution in [0.1, 0.15) is 76.5 Å². The van der Waals surface area contributed by atoms with Crippen molar-refractivity contribution in [3.63, 3.8) is 0 Å². The standard InChI is InChI=1S/C25H36F2O3/c1-5-7-8-9-19-10-13-21(14-11-19)23-15-12-20(17-30-23)16-29-22(6-2)25(27)24(26)18(3)28-4/h10-11,13-14,20,23H,5-9,12,15-17H2,1-4H3/b24-18-,25-22-. The molecule has 0 amide bonds. The number of rotatable bonds is 11. The Hall–Kier alpha value is -1.88. The van der Waals surface area contributed by atoms with E-state index in [1.54, 1.807) is 6.92 Å². The molecular weight excluding hydrogens is 386 g/mol. The van der Waals surface area contributed by atoms with Crippen LogP contribution < -0.4 is 0 Å². The second kappa shape index (κ2) is 12.7. The van der Waals surface area contributed by atoms with Crippen LogP contribution in [0.2, 0.25) is 0 Å². The first-order valence-electron chi connectivity index (χ1n) is 11.1. The van der Waals surface area contributed by atoms with E-state index in [0.717, 1.165) is 19.3 Å². The first-order chi connectivity index (χ1) is 14.5. The smallest absolute Gasteiger partial charge is 0.199 e. The van der Waals surface area contributed by atoms with Crippen molar-refractivity contribution in [1.82, 2.24) is 0 Å². The summed E-state index contributed by atoms with van der Waals surface area (Å²) < 4.78 is 44.7. The number of aryl methyl sites for hydroxylation is 1. The van der Waals surface area contributed by atoms with E-state index in [4.69, 9.17) is 14.2 Å². The Morgan fingerprint density at radius 1 is 1.07 bits per heavy atom. The zero-order valence-electron chi connectivity index (χ0n) is 18.8. The molecule has 1 aromatic carbocycles. The predicted molar refractivity (Wildman–Crippen MR) is 116 cm³/mol. The van der Waals surface area contributed by atoms with Gasteiger partial charge in [-0.1, -0.05) is 51.0 Å². The van der Waals surface area contributed by atoms with Gasteiger partial charge in [-0.15, -0.1) is 0 Å². The first-order valence-corrected chi connectivity index (χ1v) is 11.1. The summed E-state index contributed by atoms with van der Waals surface area (Å²) in [4.78, 5) is 0. The molecule has 1 saturated heterocycles. The van der Waals surface area contributed by atoms with Gasteiger partial charge in [-0.2, -0.15) is 8.78 Å². The third-order valence-corrected chi connectivity index (χ3v) is 5.66. The maximum absolute atomic E-state index is 14.3. The number of unbranched alkanes of at least 4 members (excludes halogenated alkanes) is 2. The van der Waals surface area contributed by atoms with Gasteiger partial charge < -0.3 is 14.2 Å². The fraction of sp³-hybridized carbons (Fsp3) is 0.600. The van der Waals surface area contributed by atoms with Gasteiger partial charge >= 0.3 is 0 Å². The average Bonchev–Trinajstić information content (AvgIpc) is 2.79. The zero-order chi connectivity index (χ0) is 21.9. The van der Waals surface area contributed by atoms with Crippen LogP contribution in [0.15, 0.2) is 47.4 Å². The van der Waals surface area contributed by atoms with E-state index in [9.17, 15) is 8.78 Å². The lowest BCUT2D eigenvalue weighted by Crippen LogP contribution is -2.24. The number of hydrogen-bond acceptors (Lipinski definition) is 3. The van der Waals surface area contributed by atoms with Crippen LogP contribution in [0.3, 0.4) is 0 Å². The Kier molecular flexibility index (Phi) is 10.4. The molecule has 3 nitrogen and oxygen atoms in total. The summed E-state index contributed by atoms with van der Waals surface area (Å²) in [5, 5.41) is 0. The average molecular weight is 423 g/mol. The van der Waals surface area contributed by atoms with E-state index >= 15 is 0 Å². The molecule has 0 aromatic heterocycles.